The van der Waals surface area contributed by atoms with Gasteiger partial charge < -0.3 is 0 Å². The molecule has 1 aliphatic rings. The second-order valence-corrected chi connectivity index (χ2v) is 4.23. The molecule has 0 radical (unpaired) electrons. The number of Topliss-reactive ketones (excluding diaryl/α,β-unsaturated/α-hetero) is 1. The van der Waals surface area contributed by atoms with Crippen LogP contribution in [0.5, 0.6) is 0 Å². The predicted molar refractivity (Wildman–Crippen MR) is 57.2 cm³/mol. The minimum atomic E-state index is 0.417. The summed E-state index contributed by atoms with van der Waals surface area (Å²) in [5.41, 5.74) is 2.56. The van der Waals surface area contributed by atoms with Crippen molar-refractivity contribution in [1.82, 2.24) is 0 Å². The van der Waals surface area contributed by atoms with Crippen molar-refractivity contribution in [3.63, 3.8) is 0 Å². The molecule has 1 aliphatic carbocycles. The van der Waals surface area contributed by atoms with E-state index in [0.29, 0.717) is 11.7 Å². The van der Waals surface area contributed by atoms with Gasteiger partial charge in [-0.05, 0) is 31.7 Å². The molecule has 1 saturated carbocycles. The maximum absolute atomic E-state index is 11.4. The Bertz CT molecular complexity index is 320. The molecule has 0 atom stereocenters. The number of carbonyl (C=O) groups is 1. The molecular formula is C13H16O. The summed E-state index contributed by atoms with van der Waals surface area (Å²) in [5, 5.41) is 0. The lowest BCUT2D eigenvalue weighted by Gasteiger charge is -2.00. The van der Waals surface area contributed by atoms with Gasteiger partial charge in [-0.15, -0.1) is 0 Å². The Balaban J connectivity index is 1.85. The third-order valence-corrected chi connectivity index (χ3v) is 2.81. The summed E-state index contributed by atoms with van der Waals surface area (Å²) in [5.74, 6) is 0.881. The number of aryl methyl sites for hydroxylation is 2. The van der Waals surface area contributed by atoms with Gasteiger partial charge in [-0.1, -0.05) is 29.8 Å². The lowest BCUT2D eigenvalue weighted by atomic mass is 10.0. The summed E-state index contributed by atoms with van der Waals surface area (Å²) < 4.78 is 0. The summed E-state index contributed by atoms with van der Waals surface area (Å²) in [6.07, 6.45) is 3.91. The Morgan fingerprint density at radius 3 is 2.50 bits per heavy atom. The van der Waals surface area contributed by atoms with E-state index in [-0.39, 0.29) is 0 Å². The van der Waals surface area contributed by atoms with Crippen molar-refractivity contribution in [2.24, 2.45) is 5.92 Å². The van der Waals surface area contributed by atoms with Gasteiger partial charge in [0.2, 0.25) is 0 Å². The quantitative estimate of drug-likeness (QED) is 0.710. The summed E-state index contributed by atoms with van der Waals surface area (Å²) in [6, 6.07) is 8.46. The highest BCUT2D eigenvalue weighted by Gasteiger charge is 2.28. The average molecular weight is 188 g/mol. The van der Waals surface area contributed by atoms with E-state index in [1.807, 2.05) is 0 Å². The highest BCUT2D eigenvalue weighted by molar-refractivity contribution is 5.83. The normalized spacial score (nSPS) is 15.5. The van der Waals surface area contributed by atoms with Crippen molar-refractivity contribution < 1.29 is 4.79 Å². The Morgan fingerprint density at radius 2 is 1.93 bits per heavy atom. The van der Waals surface area contributed by atoms with Crippen LogP contribution in [-0.2, 0) is 11.2 Å². The molecule has 0 bridgehead atoms. The molecule has 0 aliphatic heterocycles. The number of hydrogen-bond donors (Lipinski definition) is 0. The molecule has 1 aromatic rings. The Kier molecular flexibility index (Phi) is 2.67. The molecule has 2 rings (SSSR count). The lowest BCUT2D eigenvalue weighted by molar-refractivity contribution is -0.120. The molecule has 74 valence electrons. The van der Waals surface area contributed by atoms with Gasteiger partial charge in [0.15, 0.2) is 0 Å². The summed E-state index contributed by atoms with van der Waals surface area (Å²) in [6.45, 7) is 2.08. The van der Waals surface area contributed by atoms with Crippen LogP contribution in [0, 0.1) is 12.8 Å². The maximum atomic E-state index is 11.4. The van der Waals surface area contributed by atoms with Gasteiger partial charge in [0.1, 0.15) is 5.78 Å². The molecule has 0 unspecified atom stereocenters. The highest BCUT2D eigenvalue weighted by Crippen LogP contribution is 2.31. The van der Waals surface area contributed by atoms with Crippen molar-refractivity contribution in [3.8, 4) is 0 Å². The second kappa shape index (κ2) is 3.95. The Morgan fingerprint density at radius 1 is 1.29 bits per heavy atom. The van der Waals surface area contributed by atoms with Crippen molar-refractivity contribution in [2.75, 3.05) is 0 Å². The minimum absolute atomic E-state index is 0.417. The van der Waals surface area contributed by atoms with E-state index >= 15 is 0 Å². The van der Waals surface area contributed by atoms with E-state index in [1.165, 1.54) is 11.1 Å². The van der Waals surface area contributed by atoms with Crippen molar-refractivity contribution in [2.45, 2.75) is 32.6 Å². The topological polar surface area (TPSA) is 17.1 Å². The highest BCUT2D eigenvalue weighted by atomic mass is 16.1. The zero-order valence-electron chi connectivity index (χ0n) is 8.62. The van der Waals surface area contributed by atoms with Crippen LogP contribution in [-0.4, -0.2) is 5.78 Å². The first-order chi connectivity index (χ1) is 6.75. The average Bonchev–Trinajstić information content (AvgIpc) is 3.00. The number of benzene rings is 1. The van der Waals surface area contributed by atoms with Gasteiger partial charge >= 0.3 is 0 Å². The van der Waals surface area contributed by atoms with Crippen LogP contribution < -0.4 is 0 Å². The summed E-state index contributed by atoms with van der Waals surface area (Å²) in [4.78, 5) is 11.4. The van der Waals surface area contributed by atoms with Gasteiger partial charge in [-0.25, -0.2) is 0 Å². The largest absolute Gasteiger partial charge is 0.299 e. The SMILES string of the molecule is Cc1ccc(CCC(=O)C2CC2)cc1. The van der Waals surface area contributed by atoms with E-state index in [2.05, 4.69) is 31.2 Å². The monoisotopic (exact) mass is 188 g/mol. The van der Waals surface area contributed by atoms with Gasteiger partial charge in [-0.2, -0.15) is 0 Å². The first kappa shape index (κ1) is 9.45. The zero-order valence-corrected chi connectivity index (χ0v) is 8.62. The standard InChI is InChI=1S/C13H16O/c1-10-2-4-11(5-3-10)6-9-13(14)12-7-8-12/h2-5,12H,6-9H2,1H3. The van der Waals surface area contributed by atoms with Crippen molar-refractivity contribution >= 4 is 5.78 Å². The molecule has 0 N–H and O–H groups in total. The van der Waals surface area contributed by atoms with Crippen LogP contribution in [0.2, 0.25) is 0 Å². The van der Waals surface area contributed by atoms with Gasteiger partial charge in [0.25, 0.3) is 0 Å². The first-order valence-corrected chi connectivity index (χ1v) is 5.34. The van der Waals surface area contributed by atoms with E-state index in [9.17, 15) is 4.79 Å². The Hall–Kier alpha value is -1.11. The second-order valence-electron chi connectivity index (χ2n) is 4.23. The molecule has 0 spiro atoms. The van der Waals surface area contributed by atoms with Crippen molar-refractivity contribution in [3.05, 3.63) is 35.4 Å². The molecule has 1 heteroatoms. The predicted octanol–water partition coefficient (Wildman–Crippen LogP) is 2.91. The molecule has 0 aromatic heterocycles. The van der Waals surface area contributed by atoms with Crippen LogP contribution in [0.1, 0.15) is 30.4 Å². The molecule has 1 fully saturated rings. The lowest BCUT2D eigenvalue weighted by Crippen LogP contribution is -2.01. The van der Waals surface area contributed by atoms with E-state index < -0.39 is 0 Å². The van der Waals surface area contributed by atoms with Gasteiger partial charge in [0.05, 0.1) is 0 Å². The van der Waals surface area contributed by atoms with Gasteiger partial charge in [-0.3, -0.25) is 4.79 Å². The first-order valence-electron chi connectivity index (χ1n) is 5.34. The fraction of sp³-hybridized carbons (Fsp3) is 0.462. The zero-order chi connectivity index (χ0) is 9.97. The molecule has 0 amide bonds. The van der Waals surface area contributed by atoms with Crippen LogP contribution in [0.15, 0.2) is 24.3 Å². The number of rotatable bonds is 4. The van der Waals surface area contributed by atoms with Gasteiger partial charge in [0, 0.05) is 12.3 Å². The third-order valence-electron chi connectivity index (χ3n) is 2.81. The van der Waals surface area contributed by atoms with E-state index in [1.54, 1.807) is 0 Å². The number of hydrogen-bond acceptors (Lipinski definition) is 1. The molecular weight excluding hydrogens is 172 g/mol. The van der Waals surface area contributed by atoms with Crippen LogP contribution in [0.3, 0.4) is 0 Å². The maximum Gasteiger partial charge on any atom is 0.136 e. The van der Waals surface area contributed by atoms with Crippen molar-refractivity contribution in [1.29, 1.82) is 0 Å². The summed E-state index contributed by atoms with van der Waals surface area (Å²) in [7, 11) is 0. The number of carbonyl (C=O) groups excluding carboxylic acids is 1. The molecule has 1 aromatic carbocycles. The van der Waals surface area contributed by atoms with Crippen LogP contribution in [0.25, 0.3) is 0 Å². The fourth-order valence-electron chi connectivity index (χ4n) is 1.63. The minimum Gasteiger partial charge on any atom is -0.299 e. The van der Waals surface area contributed by atoms with Crippen LogP contribution >= 0.6 is 0 Å². The molecule has 0 saturated heterocycles. The third kappa shape index (κ3) is 2.44. The fourth-order valence-corrected chi connectivity index (χ4v) is 1.63. The summed E-state index contributed by atoms with van der Waals surface area (Å²) >= 11 is 0. The smallest absolute Gasteiger partial charge is 0.136 e. The molecule has 0 heterocycles. The Labute approximate surface area is 85.1 Å². The van der Waals surface area contributed by atoms with E-state index in [4.69, 9.17) is 0 Å². The van der Waals surface area contributed by atoms with Crippen LogP contribution in [0.4, 0.5) is 0 Å². The molecule has 1 nitrogen and oxygen atoms in total. The number of ketones is 1. The molecule has 14 heavy (non-hydrogen) atoms. The van der Waals surface area contributed by atoms with E-state index in [0.717, 1.165) is 25.7 Å².